The molecule has 78 valence electrons. The fourth-order valence-electron chi connectivity index (χ4n) is 1.45. The highest BCUT2D eigenvalue weighted by molar-refractivity contribution is 7.10. The topological polar surface area (TPSA) is 12.9 Å². The zero-order chi connectivity index (χ0) is 10.7. The second kappa shape index (κ2) is 4.77. The monoisotopic (exact) mass is 237 g/mol. The van der Waals surface area contributed by atoms with Gasteiger partial charge in [-0.3, -0.25) is 4.98 Å². The van der Waals surface area contributed by atoms with Gasteiger partial charge >= 0.3 is 0 Å². The Morgan fingerprint density at radius 3 is 2.93 bits per heavy atom. The summed E-state index contributed by atoms with van der Waals surface area (Å²) in [6.45, 7) is 2.10. The fraction of sp³-hybridized carbons (Fsp3) is 0.250. The molecular formula is C12H12ClNS. The largest absolute Gasteiger partial charge is 0.261 e. The Bertz CT molecular complexity index is 424. The third-order valence-electron chi connectivity index (χ3n) is 2.23. The molecule has 2 rings (SSSR count). The molecule has 2 heterocycles. The Morgan fingerprint density at radius 2 is 2.33 bits per heavy atom. The van der Waals surface area contributed by atoms with Gasteiger partial charge < -0.3 is 0 Å². The quantitative estimate of drug-likeness (QED) is 0.736. The van der Waals surface area contributed by atoms with Gasteiger partial charge in [0.2, 0.25) is 0 Å². The molecule has 2 aromatic rings. The Balaban J connectivity index is 2.07. The van der Waals surface area contributed by atoms with E-state index in [1.807, 2.05) is 18.2 Å². The number of pyridine rings is 1. The van der Waals surface area contributed by atoms with Crippen molar-refractivity contribution in [1.29, 1.82) is 0 Å². The number of alkyl halides is 1. The average molecular weight is 238 g/mol. The molecule has 0 bridgehead atoms. The van der Waals surface area contributed by atoms with Crippen molar-refractivity contribution >= 4 is 22.9 Å². The predicted octanol–water partition coefficient (Wildman–Crippen LogP) is 3.97. The highest BCUT2D eigenvalue weighted by Gasteiger charge is 2.10. The van der Waals surface area contributed by atoms with Crippen LogP contribution in [0.15, 0.2) is 35.8 Å². The molecule has 2 aromatic heterocycles. The van der Waals surface area contributed by atoms with Gasteiger partial charge in [-0.2, -0.15) is 0 Å². The number of hydrogen-bond acceptors (Lipinski definition) is 2. The van der Waals surface area contributed by atoms with E-state index >= 15 is 0 Å². The van der Waals surface area contributed by atoms with Gasteiger partial charge in [-0.15, -0.1) is 22.9 Å². The summed E-state index contributed by atoms with van der Waals surface area (Å²) < 4.78 is 0. The molecule has 0 fully saturated rings. The van der Waals surface area contributed by atoms with Crippen LogP contribution in [0.4, 0.5) is 0 Å². The van der Waals surface area contributed by atoms with Gasteiger partial charge in [0, 0.05) is 23.2 Å². The first-order valence-electron chi connectivity index (χ1n) is 4.85. The van der Waals surface area contributed by atoms with Crippen LogP contribution in [0, 0.1) is 6.92 Å². The molecule has 1 atom stereocenters. The van der Waals surface area contributed by atoms with E-state index in [4.69, 9.17) is 11.6 Å². The van der Waals surface area contributed by atoms with Crippen molar-refractivity contribution in [2.24, 2.45) is 0 Å². The smallest absolute Gasteiger partial charge is 0.0648 e. The summed E-state index contributed by atoms with van der Waals surface area (Å²) in [6.07, 6.45) is 2.59. The number of hydrogen-bond donors (Lipinski definition) is 0. The molecule has 0 spiro atoms. The lowest BCUT2D eigenvalue weighted by Gasteiger charge is -2.06. The van der Waals surface area contributed by atoms with Crippen LogP contribution in [-0.2, 0) is 6.42 Å². The van der Waals surface area contributed by atoms with E-state index in [1.54, 1.807) is 17.5 Å². The number of thiophene rings is 1. The van der Waals surface area contributed by atoms with Crippen molar-refractivity contribution in [2.45, 2.75) is 18.7 Å². The minimum absolute atomic E-state index is 0.0323. The van der Waals surface area contributed by atoms with Crippen molar-refractivity contribution in [3.05, 3.63) is 52.0 Å². The van der Waals surface area contributed by atoms with Gasteiger partial charge in [0.15, 0.2) is 0 Å². The average Bonchev–Trinajstić information content (AvgIpc) is 2.66. The second-order valence-electron chi connectivity index (χ2n) is 3.48. The highest BCUT2D eigenvalue weighted by Crippen LogP contribution is 2.27. The number of aromatic nitrogens is 1. The van der Waals surface area contributed by atoms with E-state index in [-0.39, 0.29) is 5.38 Å². The number of halogens is 1. The molecule has 0 saturated heterocycles. The first kappa shape index (κ1) is 10.7. The lowest BCUT2D eigenvalue weighted by Crippen LogP contribution is -1.96. The summed E-state index contributed by atoms with van der Waals surface area (Å²) in [7, 11) is 0. The number of aryl methyl sites for hydroxylation is 1. The Hall–Kier alpha value is -0.860. The Morgan fingerprint density at radius 1 is 1.47 bits per heavy atom. The maximum absolute atomic E-state index is 6.32. The number of rotatable bonds is 3. The fourth-order valence-corrected chi connectivity index (χ4v) is 2.57. The van der Waals surface area contributed by atoms with E-state index in [0.29, 0.717) is 0 Å². The molecule has 1 nitrogen and oxygen atoms in total. The molecule has 0 aromatic carbocycles. The van der Waals surface area contributed by atoms with Crippen molar-refractivity contribution in [3.8, 4) is 0 Å². The molecule has 15 heavy (non-hydrogen) atoms. The van der Waals surface area contributed by atoms with Crippen LogP contribution in [0.3, 0.4) is 0 Å². The molecule has 0 amide bonds. The van der Waals surface area contributed by atoms with Crippen LogP contribution in [0.2, 0.25) is 0 Å². The molecule has 0 aliphatic heterocycles. The molecular weight excluding hydrogens is 226 g/mol. The minimum Gasteiger partial charge on any atom is -0.261 e. The summed E-state index contributed by atoms with van der Waals surface area (Å²) in [5, 5.41) is 2.15. The van der Waals surface area contributed by atoms with Crippen molar-refractivity contribution in [3.63, 3.8) is 0 Å². The van der Waals surface area contributed by atoms with Crippen molar-refractivity contribution in [1.82, 2.24) is 4.98 Å². The van der Waals surface area contributed by atoms with Gasteiger partial charge in [-0.25, -0.2) is 0 Å². The van der Waals surface area contributed by atoms with Gasteiger partial charge in [0.25, 0.3) is 0 Å². The molecule has 0 aliphatic carbocycles. The van der Waals surface area contributed by atoms with Crippen LogP contribution in [0.25, 0.3) is 0 Å². The number of nitrogens with zero attached hydrogens (tertiary/aromatic N) is 1. The minimum atomic E-state index is 0.0323. The summed E-state index contributed by atoms with van der Waals surface area (Å²) in [6, 6.07) is 8.06. The molecule has 1 unspecified atom stereocenters. The van der Waals surface area contributed by atoms with E-state index < -0.39 is 0 Å². The van der Waals surface area contributed by atoms with E-state index in [2.05, 4.69) is 23.4 Å². The van der Waals surface area contributed by atoms with Gasteiger partial charge in [-0.05, 0) is 36.1 Å². The summed E-state index contributed by atoms with van der Waals surface area (Å²) in [5.74, 6) is 0. The van der Waals surface area contributed by atoms with Crippen LogP contribution in [0.5, 0.6) is 0 Å². The van der Waals surface area contributed by atoms with Crippen LogP contribution < -0.4 is 0 Å². The van der Waals surface area contributed by atoms with Gasteiger partial charge in [0.1, 0.15) is 0 Å². The lowest BCUT2D eigenvalue weighted by atomic mass is 10.1. The SMILES string of the molecule is Cc1cc(C(Cl)Cc2ccccn2)cs1. The summed E-state index contributed by atoms with van der Waals surface area (Å²) >= 11 is 8.06. The second-order valence-corrected chi connectivity index (χ2v) is 5.13. The van der Waals surface area contributed by atoms with Crippen LogP contribution in [0.1, 0.15) is 21.5 Å². The van der Waals surface area contributed by atoms with Gasteiger partial charge in [0.05, 0.1) is 5.38 Å². The molecule has 3 heteroatoms. The highest BCUT2D eigenvalue weighted by atomic mass is 35.5. The Labute approximate surface area is 98.7 Å². The summed E-state index contributed by atoms with van der Waals surface area (Å²) in [4.78, 5) is 5.57. The summed E-state index contributed by atoms with van der Waals surface area (Å²) in [5.41, 5.74) is 2.24. The third kappa shape index (κ3) is 2.80. The molecule has 0 radical (unpaired) electrons. The maximum atomic E-state index is 6.32. The normalized spacial score (nSPS) is 12.7. The lowest BCUT2D eigenvalue weighted by molar-refractivity contribution is 0.884. The van der Waals surface area contributed by atoms with Crippen LogP contribution in [-0.4, -0.2) is 4.98 Å². The van der Waals surface area contributed by atoms with E-state index in [0.717, 1.165) is 12.1 Å². The zero-order valence-corrected chi connectivity index (χ0v) is 10.1. The zero-order valence-electron chi connectivity index (χ0n) is 8.48. The predicted molar refractivity (Wildman–Crippen MR) is 65.6 cm³/mol. The van der Waals surface area contributed by atoms with Crippen molar-refractivity contribution in [2.75, 3.05) is 0 Å². The standard InChI is InChI=1S/C12H12ClNS/c1-9-6-10(8-15-9)12(13)7-11-4-2-3-5-14-11/h2-6,8,12H,7H2,1H3. The Kier molecular flexibility index (Phi) is 3.39. The molecule has 0 saturated carbocycles. The first-order valence-corrected chi connectivity index (χ1v) is 6.16. The van der Waals surface area contributed by atoms with Gasteiger partial charge in [-0.1, -0.05) is 6.07 Å². The van der Waals surface area contributed by atoms with E-state index in [9.17, 15) is 0 Å². The van der Waals surface area contributed by atoms with Crippen molar-refractivity contribution < 1.29 is 0 Å². The first-order chi connectivity index (χ1) is 7.25. The molecule has 0 aliphatic rings. The maximum Gasteiger partial charge on any atom is 0.0648 e. The van der Waals surface area contributed by atoms with Crippen LogP contribution >= 0.6 is 22.9 Å². The molecule has 0 N–H and O–H groups in total. The third-order valence-corrected chi connectivity index (χ3v) is 3.51. The van der Waals surface area contributed by atoms with E-state index in [1.165, 1.54) is 10.4 Å².